The van der Waals surface area contributed by atoms with Crippen molar-refractivity contribution in [3.05, 3.63) is 28.3 Å². The Morgan fingerprint density at radius 2 is 2.11 bits per heavy atom. The van der Waals surface area contributed by atoms with Crippen molar-refractivity contribution >= 4 is 17.1 Å². The minimum atomic E-state index is -0.463. The van der Waals surface area contributed by atoms with E-state index in [1.807, 2.05) is 11.9 Å². The average Bonchev–Trinajstić information content (AvgIpc) is 2.38. The summed E-state index contributed by atoms with van der Waals surface area (Å²) >= 11 is 0. The molecule has 3 N–H and O–H groups in total. The molecule has 104 valence electrons. The molecule has 0 aromatic heterocycles. The van der Waals surface area contributed by atoms with Crippen LogP contribution in [-0.2, 0) is 0 Å². The molecule has 0 heterocycles. The second-order valence-corrected chi connectivity index (χ2v) is 5.03. The van der Waals surface area contributed by atoms with Crippen molar-refractivity contribution in [2.24, 2.45) is 0 Å². The van der Waals surface area contributed by atoms with Crippen LogP contribution in [-0.4, -0.2) is 29.2 Å². The average molecular weight is 265 g/mol. The van der Waals surface area contributed by atoms with Crippen molar-refractivity contribution in [1.29, 1.82) is 0 Å². The van der Waals surface area contributed by atoms with Crippen LogP contribution in [0, 0.1) is 10.1 Å². The molecule has 1 aliphatic rings. The molecule has 0 aliphatic heterocycles. The minimum Gasteiger partial charge on any atom is -0.397 e. The van der Waals surface area contributed by atoms with Crippen molar-refractivity contribution in [1.82, 2.24) is 0 Å². The van der Waals surface area contributed by atoms with E-state index in [1.165, 1.54) is 12.1 Å². The molecule has 1 aliphatic carbocycles. The topological polar surface area (TPSA) is 92.6 Å². The Morgan fingerprint density at radius 1 is 1.42 bits per heavy atom. The number of non-ortho nitro benzene ring substituents is 1. The van der Waals surface area contributed by atoms with Gasteiger partial charge >= 0.3 is 0 Å². The third kappa shape index (κ3) is 2.78. The summed E-state index contributed by atoms with van der Waals surface area (Å²) in [6.07, 6.45) is 3.46. The molecule has 2 unspecified atom stereocenters. The molecule has 0 amide bonds. The maximum absolute atomic E-state index is 10.7. The Morgan fingerprint density at radius 3 is 2.68 bits per heavy atom. The number of benzene rings is 1. The van der Waals surface area contributed by atoms with Gasteiger partial charge < -0.3 is 15.7 Å². The van der Waals surface area contributed by atoms with Crippen LogP contribution in [0.5, 0.6) is 0 Å². The molecule has 2 atom stereocenters. The largest absolute Gasteiger partial charge is 0.397 e. The van der Waals surface area contributed by atoms with Crippen LogP contribution >= 0.6 is 0 Å². The van der Waals surface area contributed by atoms with E-state index in [2.05, 4.69) is 0 Å². The normalized spacial score (nSPS) is 23.1. The van der Waals surface area contributed by atoms with Gasteiger partial charge in [0.05, 0.1) is 28.4 Å². The van der Waals surface area contributed by atoms with Gasteiger partial charge in [0.15, 0.2) is 0 Å². The van der Waals surface area contributed by atoms with Gasteiger partial charge in [-0.2, -0.15) is 0 Å². The quantitative estimate of drug-likeness (QED) is 0.495. The van der Waals surface area contributed by atoms with Gasteiger partial charge in [0.25, 0.3) is 5.69 Å². The number of nitro benzene ring substituents is 1. The number of nitrogens with zero attached hydrogens (tertiary/aromatic N) is 2. The molecule has 1 aromatic carbocycles. The number of hydrogen-bond donors (Lipinski definition) is 2. The fourth-order valence-electron chi connectivity index (χ4n) is 2.70. The van der Waals surface area contributed by atoms with E-state index >= 15 is 0 Å². The van der Waals surface area contributed by atoms with E-state index in [-0.39, 0.29) is 17.8 Å². The Balaban J connectivity index is 2.23. The summed E-state index contributed by atoms with van der Waals surface area (Å²) in [6, 6.07) is 4.48. The lowest BCUT2D eigenvalue weighted by Gasteiger charge is -2.37. The molecule has 1 aromatic rings. The summed E-state index contributed by atoms with van der Waals surface area (Å²) in [5, 5.41) is 20.7. The van der Waals surface area contributed by atoms with E-state index < -0.39 is 4.92 Å². The number of nitrogen functional groups attached to an aromatic ring is 1. The molecule has 0 radical (unpaired) electrons. The maximum atomic E-state index is 10.7. The van der Waals surface area contributed by atoms with E-state index in [0.717, 1.165) is 31.4 Å². The molecule has 0 spiro atoms. The first-order valence-electron chi connectivity index (χ1n) is 6.45. The summed E-state index contributed by atoms with van der Waals surface area (Å²) in [6.45, 7) is 0. The van der Waals surface area contributed by atoms with Gasteiger partial charge in [-0.05, 0) is 18.9 Å². The molecule has 1 saturated carbocycles. The van der Waals surface area contributed by atoms with Crippen molar-refractivity contribution in [2.45, 2.75) is 37.8 Å². The van der Waals surface area contributed by atoms with Crippen molar-refractivity contribution in [3.63, 3.8) is 0 Å². The fraction of sp³-hybridized carbons (Fsp3) is 0.538. The highest BCUT2D eigenvalue weighted by molar-refractivity contribution is 5.70. The Hall–Kier alpha value is -1.82. The smallest absolute Gasteiger partial charge is 0.271 e. The van der Waals surface area contributed by atoms with Crippen LogP contribution in [0.4, 0.5) is 17.1 Å². The van der Waals surface area contributed by atoms with Crippen LogP contribution in [0.2, 0.25) is 0 Å². The van der Waals surface area contributed by atoms with Gasteiger partial charge in [0, 0.05) is 19.2 Å². The number of hydrogen-bond acceptors (Lipinski definition) is 5. The van der Waals surface area contributed by atoms with Crippen LogP contribution < -0.4 is 10.6 Å². The van der Waals surface area contributed by atoms with Crippen molar-refractivity contribution in [2.75, 3.05) is 17.7 Å². The Bertz CT molecular complexity index is 478. The highest BCUT2D eigenvalue weighted by atomic mass is 16.6. The number of nitro groups is 1. The zero-order chi connectivity index (χ0) is 14.0. The molecule has 6 heteroatoms. The van der Waals surface area contributed by atoms with Gasteiger partial charge in [0.2, 0.25) is 0 Å². The molecule has 0 bridgehead atoms. The number of rotatable bonds is 3. The van der Waals surface area contributed by atoms with Crippen LogP contribution in [0.1, 0.15) is 25.7 Å². The van der Waals surface area contributed by atoms with Crippen LogP contribution in [0.3, 0.4) is 0 Å². The minimum absolute atomic E-state index is 0.0150. The molecule has 6 nitrogen and oxygen atoms in total. The van der Waals surface area contributed by atoms with Gasteiger partial charge in [0.1, 0.15) is 0 Å². The highest BCUT2D eigenvalue weighted by Crippen LogP contribution is 2.32. The van der Waals surface area contributed by atoms with Crippen LogP contribution in [0.15, 0.2) is 18.2 Å². The number of aliphatic hydroxyl groups is 1. The van der Waals surface area contributed by atoms with Crippen molar-refractivity contribution < 1.29 is 10.0 Å². The molecule has 2 rings (SSSR count). The number of likely N-dealkylation sites (N-methyl/N-ethyl adjacent to an activating group) is 1. The van der Waals surface area contributed by atoms with Crippen LogP contribution in [0.25, 0.3) is 0 Å². The Kier molecular flexibility index (Phi) is 3.90. The van der Waals surface area contributed by atoms with Gasteiger partial charge in [-0.3, -0.25) is 10.1 Å². The Labute approximate surface area is 112 Å². The molecule has 0 saturated heterocycles. The number of anilines is 2. The summed E-state index contributed by atoms with van der Waals surface area (Å²) < 4.78 is 0. The van der Waals surface area contributed by atoms with Gasteiger partial charge in [-0.15, -0.1) is 0 Å². The van der Waals surface area contributed by atoms with Gasteiger partial charge in [-0.1, -0.05) is 12.8 Å². The predicted octanol–water partition coefficient (Wildman–Crippen LogP) is 1.92. The summed E-state index contributed by atoms with van der Waals surface area (Å²) in [4.78, 5) is 12.2. The fourth-order valence-corrected chi connectivity index (χ4v) is 2.70. The summed E-state index contributed by atoms with van der Waals surface area (Å²) in [5.41, 5.74) is 6.97. The molecule has 19 heavy (non-hydrogen) atoms. The van der Waals surface area contributed by atoms with E-state index in [4.69, 9.17) is 5.73 Å². The molecular formula is C13H19N3O3. The maximum Gasteiger partial charge on any atom is 0.271 e. The monoisotopic (exact) mass is 265 g/mol. The highest BCUT2D eigenvalue weighted by Gasteiger charge is 2.27. The van der Waals surface area contributed by atoms with Gasteiger partial charge in [-0.25, -0.2) is 0 Å². The lowest BCUT2D eigenvalue weighted by Crippen LogP contribution is -2.43. The van der Waals surface area contributed by atoms with E-state index in [0.29, 0.717) is 5.69 Å². The van der Waals surface area contributed by atoms with E-state index in [9.17, 15) is 15.2 Å². The lowest BCUT2D eigenvalue weighted by molar-refractivity contribution is -0.384. The second-order valence-electron chi connectivity index (χ2n) is 5.03. The molecular weight excluding hydrogens is 246 g/mol. The summed E-state index contributed by atoms with van der Waals surface area (Å²) in [5.74, 6) is 0. The number of aliphatic hydroxyl groups excluding tert-OH is 1. The predicted molar refractivity (Wildman–Crippen MR) is 74.2 cm³/mol. The lowest BCUT2D eigenvalue weighted by atomic mass is 9.91. The summed E-state index contributed by atoms with van der Waals surface area (Å²) in [7, 11) is 1.87. The third-order valence-electron chi connectivity index (χ3n) is 3.79. The third-order valence-corrected chi connectivity index (χ3v) is 3.79. The second kappa shape index (κ2) is 5.44. The van der Waals surface area contributed by atoms with Crippen molar-refractivity contribution in [3.8, 4) is 0 Å². The zero-order valence-corrected chi connectivity index (χ0v) is 11.0. The molecule has 1 fully saturated rings. The first-order chi connectivity index (χ1) is 9.00. The van der Waals surface area contributed by atoms with E-state index in [1.54, 1.807) is 6.07 Å². The zero-order valence-electron chi connectivity index (χ0n) is 11.0. The first-order valence-corrected chi connectivity index (χ1v) is 6.45. The number of nitrogens with two attached hydrogens (primary N) is 1. The standard InChI is InChI=1S/C13H19N3O3/c1-15(12-4-2-3-5-13(12)17)11-7-6-9(16(18)19)8-10(11)14/h6-8,12-13,17H,2-5,14H2,1H3. The SMILES string of the molecule is CN(c1ccc([N+](=O)[O-])cc1N)C1CCCCC1O. The first kappa shape index (κ1) is 13.6.